The van der Waals surface area contributed by atoms with E-state index in [2.05, 4.69) is 41.1 Å². The molecular formula is C20H26N3O+. The first-order chi connectivity index (χ1) is 11.8. The van der Waals surface area contributed by atoms with Crippen LogP contribution in [0.3, 0.4) is 0 Å². The minimum Gasteiger partial charge on any atom is -0.497 e. The van der Waals surface area contributed by atoms with Gasteiger partial charge in [0, 0.05) is 11.9 Å². The molecule has 1 N–H and O–H groups in total. The molecule has 1 heterocycles. The van der Waals surface area contributed by atoms with E-state index < -0.39 is 0 Å². The van der Waals surface area contributed by atoms with Crippen LogP contribution >= 0.6 is 0 Å². The smallest absolute Gasteiger partial charge is 0.119 e. The van der Waals surface area contributed by atoms with Crippen molar-refractivity contribution in [1.29, 1.82) is 0 Å². The summed E-state index contributed by atoms with van der Waals surface area (Å²) in [5.41, 5.74) is 3.31. The number of methoxy groups -OCH3 is 1. The zero-order chi connectivity index (χ0) is 16.8. The zero-order valence-electron chi connectivity index (χ0n) is 14.5. The molecule has 1 saturated heterocycles. The minimum atomic E-state index is 0.850. The van der Waals surface area contributed by atoms with Crippen molar-refractivity contribution >= 4 is 17.6 Å². The van der Waals surface area contributed by atoms with Gasteiger partial charge in [-0.05, 0) is 48.9 Å². The van der Waals surface area contributed by atoms with Crippen LogP contribution in [0.5, 0.6) is 5.75 Å². The Kier molecular flexibility index (Phi) is 5.49. The number of aliphatic imine (C=N–C) groups is 1. The van der Waals surface area contributed by atoms with Crippen LogP contribution in [0.25, 0.3) is 0 Å². The minimum absolute atomic E-state index is 0.850. The van der Waals surface area contributed by atoms with Gasteiger partial charge in [-0.2, -0.15) is 0 Å². The Hall–Kier alpha value is -2.33. The van der Waals surface area contributed by atoms with Gasteiger partial charge in [0.05, 0.1) is 45.5 Å². The maximum Gasteiger partial charge on any atom is 0.119 e. The van der Waals surface area contributed by atoms with Gasteiger partial charge >= 0.3 is 0 Å². The molecule has 4 nitrogen and oxygen atoms in total. The van der Waals surface area contributed by atoms with Crippen LogP contribution in [0.1, 0.15) is 12.5 Å². The van der Waals surface area contributed by atoms with E-state index in [1.165, 1.54) is 25.3 Å². The van der Waals surface area contributed by atoms with Crippen LogP contribution in [-0.4, -0.2) is 46.0 Å². The fourth-order valence-electron chi connectivity index (χ4n) is 3.06. The molecule has 1 aliphatic rings. The molecule has 126 valence electrons. The molecule has 0 bridgehead atoms. The van der Waals surface area contributed by atoms with Crippen molar-refractivity contribution in [2.75, 3.05) is 44.7 Å². The molecule has 0 saturated carbocycles. The lowest BCUT2D eigenvalue weighted by molar-refractivity contribution is -0.898. The molecule has 0 amide bonds. The number of piperazine rings is 1. The second-order valence-corrected chi connectivity index (χ2v) is 6.14. The molecule has 0 aliphatic carbocycles. The van der Waals surface area contributed by atoms with E-state index in [0.29, 0.717) is 0 Å². The normalized spacial score (nSPS) is 15.8. The molecule has 0 spiro atoms. The van der Waals surface area contributed by atoms with Crippen LogP contribution in [0.15, 0.2) is 53.5 Å². The van der Waals surface area contributed by atoms with Crippen molar-refractivity contribution in [1.82, 2.24) is 0 Å². The first-order valence-electron chi connectivity index (χ1n) is 8.65. The molecule has 0 aromatic heterocycles. The van der Waals surface area contributed by atoms with E-state index in [0.717, 1.165) is 30.1 Å². The van der Waals surface area contributed by atoms with Crippen molar-refractivity contribution in [3.05, 3.63) is 54.1 Å². The van der Waals surface area contributed by atoms with Gasteiger partial charge in [0.15, 0.2) is 0 Å². The molecule has 0 atom stereocenters. The first-order valence-corrected chi connectivity index (χ1v) is 8.65. The Labute approximate surface area is 144 Å². The molecule has 0 radical (unpaired) electrons. The van der Waals surface area contributed by atoms with Crippen LogP contribution < -0.4 is 14.5 Å². The second-order valence-electron chi connectivity index (χ2n) is 6.14. The number of nitrogens with one attached hydrogen (secondary N) is 1. The van der Waals surface area contributed by atoms with Gasteiger partial charge in [-0.1, -0.05) is 12.1 Å². The summed E-state index contributed by atoms with van der Waals surface area (Å²) in [5.74, 6) is 0.850. The van der Waals surface area contributed by atoms with Crippen LogP contribution in [0.2, 0.25) is 0 Å². The average Bonchev–Trinajstić information content (AvgIpc) is 2.67. The third-order valence-electron chi connectivity index (χ3n) is 4.64. The van der Waals surface area contributed by atoms with Gasteiger partial charge < -0.3 is 14.5 Å². The molecule has 2 aromatic rings. The Morgan fingerprint density at radius 3 is 2.54 bits per heavy atom. The molecule has 3 rings (SSSR count). The lowest BCUT2D eigenvalue weighted by Gasteiger charge is -2.33. The molecule has 1 fully saturated rings. The monoisotopic (exact) mass is 324 g/mol. The van der Waals surface area contributed by atoms with E-state index in [1.54, 1.807) is 12.0 Å². The Morgan fingerprint density at radius 1 is 1.12 bits per heavy atom. The number of hydrogen-bond acceptors (Lipinski definition) is 3. The third kappa shape index (κ3) is 4.15. The van der Waals surface area contributed by atoms with Crippen molar-refractivity contribution in [2.24, 2.45) is 4.99 Å². The van der Waals surface area contributed by atoms with Crippen molar-refractivity contribution < 1.29 is 9.64 Å². The second kappa shape index (κ2) is 7.97. The van der Waals surface area contributed by atoms with Crippen LogP contribution in [0, 0.1) is 0 Å². The number of anilines is 1. The fraction of sp³-hybridized carbons (Fsp3) is 0.350. The maximum atomic E-state index is 5.24. The third-order valence-corrected chi connectivity index (χ3v) is 4.64. The van der Waals surface area contributed by atoms with Crippen molar-refractivity contribution in [3.63, 3.8) is 0 Å². The predicted molar refractivity (Wildman–Crippen MR) is 100 cm³/mol. The summed E-state index contributed by atoms with van der Waals surface area (Å²) in [6.07, 6.45) is 1.88. The molecule has 1 aliphatic heterocycles. The number of hydrogen-bond donors (Lipinski definition) is 1. The SMILES string of the molecule is CC[NH+]1CCN(c2ccc(N=Cc3cccc(OC)c3)cc2)CC1. The highest BCUT2D eigenvalue weighted by molar-refractivity contribution is 5.82. The number of likely N-dealkylation sites (N-methyl/N-ethyl adjacent to an activating group) is 1. The van der Waals surface area contributed by atoms with Gasteiger partial charge in [-0.25, -0.2) is 0 Å². The van der Waals surface area contributed by atoms with Crippen molar-refractivity contribution in [3.8, 4) is 5.75 Å². The molecule has 2 aromatic carbocycles. The van der Waals surface area contributed by atoms with Crippen LogP contribution in [0.4, 0.5) is 11.4 Å². The number of benzene rings is 2. The number of ether oxygens (including phenoxy) is 1. The predicted octanol–water partition coefficient (Wildman–Crippen LogP) is 2.17. The van der Waals surface area contributed by atoms with Gasteiger partial charge in [-0.15, -0.1) is 0 Å². The van der Waals surface area contributed by atoms with Gasteiger partial charge in [0.25, 0.3) is 0 Å². The lowest BCUT2D eigenvalue weighted by Crippen LogP contribution is -3.14. The standard InChI is InChI=1S/C20H25N3O/c1-3-22-11-13-23(14-12-22)19-9-7-18(8-10-19)21-16-17-5-4-6-20(15-17)24-2/h4-10,15-16H,3,11-14H2,1-2H3/p+1. The van der Waals surface area contributed by atoms with Gasteiger partial charge in [0.2, 0.25) is 0 Å². The number of quaternary nitrogens is 1. The summed E-state index contributed by atoms with van der Waals surface area (Å²) in [6.45, 7) is 8.22. The summed E-state index contributed by atoms with van der Waals surface area (Å²) in [5, 5.41) is 0. The Bertz CT molecular complexity index is 674. The molecular weight excluding hydrogens is 298 g/mol. The Balaban J connectivity index is 1.63. The van der Waals surface area contributed by atoms with E-state index in [9.17, 15) is 0 Å². The van der Waals surface area contributed by atoms with Gasteiger partial charge in [0.1, 0.15) is 5.75 Å². The van der Waals surface area contributed by atoms with Crippen LogP contribution in [-0.2, 0) is 0 Å². The summed E-state index contributed by atoms with van der Waals surface area (Å²) < 4.78 is 5.24. The number of nitrogens with zero attached hydrogens (tertiary/aromatic N) is 2. The maximum absolute atomic E-state index is 5.24. The largest absolute Gasteiger partial charge is 0.497 e. The fourth-order valence-corrected chi connectivity index (χ4v) is 3.06. The summed E-state index contributed by atoms with van der Waals surface area (Å²) in [7, 11) is 1.68. The summed E-state index contributed by atoms with van der Waals surface area (Å²) in [6, 6.07) is 16.4. The highest BCUT2D eigenvalue weighted by Crippen LogP contribution is 2.20. The highest BCUT2D eigenvalue weighted by Gasteiger charge is 2.18. The molecule has 0 unspecified atom stereocenters. The number of rotatable bonds is 5. The van der Waals surface area contributed by atoms with E-state index in [4.69, 9.17) is 4.74 Å². The highest BCUT2D eigenvalue weighted by atomic mass is 16.5. The van der Waals surface area contributed by atoms with E-state index in [1.807, 2.05) is 30.5 Å². The quantitative estimate of drug-likeness (QED) is 0.854. The Morgan fingerprint density at radius 2 is 1.88 bits per heavy atom. The lowest BCUT2D eigenvalue weighted by atomic mass is 10.2. The first kappa shape index (κ1) is 16.5. The zero-order valence-corrected chi connectivity index (χ0v) is 14.5. The average molecular weight is 324 g/mol. The topological polar surface area (TPSA) is 29.3 Å². The van der Waals surface area contributed by atoms with Gasteiger partial charge in [-0.3, -0.25) is 4.99 Å². The summed E-state index contributed by atoms with van der Waals surface area (Å²) >= 11 is 0. The molecule has 24 heavy (non-hydrogen) atoms. The summed E-state index contributed by atoms with van der Waals surface area (Å²) in [4.78, 5) is 8.73. The van der Waals surface area contributed by atoms with E-state index >= 15 is 0 Å². The van der Waals surface area contributed by atoms with E-state index in [-0.39, 0.29) is 0 Å². The molecule has 4 heteroatoms. The van der Waals surface area contributed by atoms with Crippen molar-refractivity contribution in [2.45, 2.75) is 6.92 Å².